The molecule has 0 saturated heterocycles. The summed E-state index contributed by atoms with van der Waals surface area (Å²) < 4.78 is 5.31. The van der Waals surface area contributed by atoms with Crippen LogP contribution in [0.15, 0.2) is 4.52 Å². The van der Waals surface area contributed by atoms with Crippen LogP contribution in [0.1, 0.15) is 69.0 Å². The van der Waals surface area contributed by atoms with E-state index in [4.69, 9.17) is 10.3 Å². The number of carbonyl (C=O) groups excluding carboxylic acids is 2. The molecule has 0 radical (unpaired) electrons. The summed E-state index contributed by atoms with van der Waals surface area (Å²) in [5, 5.41) is 9.45. The van der Waals surface area contributed by atoms with Gasteiger partial charge in [0.2, 0.25) is 11.8 Å². The van der Waals surface area contributed by atoms with Crippen LogP contribution in [0, 0.1) is 0 Å². The first-order chi connectivity index (χ1) is 11.6. The molecule has 0 spiro atoms. The number of carbonyl (C=O) groups is 2. The minimum Gasteiger partial charge on any atom is -0.368 e. The maximum atomic E-state index is 12.0. The maximum absolute atomic E-state index is 12.0. The highest BCUT2D eigenvalue weighted by molar-refractivity contribution is 5.90. The second-order valence-corrected chi connectivity index (χ2v) is 6.81. The quantitative estimate of drug-likeness (QED) is 0.724. The fraction of sp³-hybridized carbons (Fsp3) is 0.750. The summed E-state index contributed by atoms with van der Waals surface area (Å²) in [6, 6.07) is -0.379. The standard InChI is InChI=1S/C16H25N5O3/c17-14(22)16(8-3-4-9-16)20-15(23)18-10-7-12-19-13(24-21-12)11-5-1-2-6-11/h11H,1-10H2,(H2,17,22)(H2,18,20,23). The van der Waals surface area contributed by atoms with Gasteiger partial charge in [-0.05, 0) is 25.7 Å². The van der Waals surface area contributed by atoms with Crippen LogP contribution >= 0.6 is 0 Å². The molecule has 0 aliphatic heterocycles. The minimum absolute atomic E-state index is 0.379. The number of aromatic nitrogens is 2. The van der Waals surface area contributed by atoms with Crippen molar-refractivity contribution in [3.05, 3.63) is 11.7 Å². The lowest BCUT2D eigenvalue weighted by Crippen LogP contribution is -2.58. The molecule has 0 unspecified atom stereocenters. The average molecular weight is 335 g/mol. The molecule has 0 atom stereocenters. The van der Waals surface area contributed by atoms with Gasteiger partial charge < -0.3 is 20.9 Å². The highest BCUT2D eigenvalue weighted by Gasteiger charge is 2.40. The van der Waals surface area contributed by atoms with Crippen LogP contribution in [0.4, 0.5) is 4.79 Å². The molecule has 24 heavy (non-hydrogen) atoms. The first-order valence-electron chi connectivity index (χ1n) is 8.77. The molecule has 4 N–H and O–H groups in total. The van der Waals surface area contributed by atoms with Crippen molar-refractivity contribution in [3.63, 3.8) is 0 Å². The van der Waals surface area contributed by atoms with Crippen LogP contribution in [0.2, 0.25) is 0 Å². The van der Waals surface area contributed by atoms with Crippen LogP contribution in [0.3, 0.4) is 0 Å². The number of nitrogens with one attached hydrogen (secondary N) is 2. The van der Waals surface area contributed by atoms with Crippen molar-refractivity contribution in [1.82, 2.24) is 20.8 Å². The zero-order valence-corrected chi connectivity index (χ0v) is 13.8. The van der Waals surface area contributed by atoms with Gasteiger partial charge in [0.1, 0.15) is 5.54 Å². The molecule has 2 aliphatic rings. The number of nitrogens with two attached hydrogens (primary N) is 1. The van der Waals surface area contributed by atoms with E-state index < -0.39 is 11.4 Å². The second-order valence-electron chi connectivity index (χ2n) is 6.81. The van der Waals surface area contributed by atoms with Gasteiger partial charge in [-0.3, -0.25) is 4.79 Å². The number of rotatable bonds is 6. The van der Waals surface area contributed by atoms with Crippen molar-refractivity contribution in [2.45, 2.75) is 69.2 Å². The van der Waals surface area contributed by atoms with E-state index in [1.54, 1.807) is 0 Å². The topological polar surface area (TPSA) is 123 Å². The zero-order chi connectivity index (χ0) is 17.0. The smallest absolute Gasteiger partial charge is 0.315 e. The molecule has 2 aliphatic carbocycles. The Bertz CT molecular complexity index is 588. The van der Waals surface area contributed by atoms with Gasteiger partial charge in [0.15, 0.2) is 5.82 Å². The molecule has 1 aromatic heterocycles. The third-order valence-electron chi connectivity index (χ3n) is 5.10. The molecule has 2 fully saturated rings. The van der Waals surface area contributed by atoms with Gasteiger partial charge in [0.05, 0.1) is 0 Å². The minimum atomic E-state index is -0.897. The molecule has 2 saturated carbocycles. The van der Waals surface area contributed by atoms with Crippen LogP contribution in [-0.2, 0) is 11.2 Å². The monoisotopic (exact) mass is 335 g/mol. The van der Waals surface area contributed by atoms with E-state index in [0.29, 0.717) is 43.4 Å². The SMILES string of the molecule is NC(=O)C1(NC(=O)NCCc2noc(C3CCCC3)n2)CCCC1. The van der Waals surface area contributed by atoms with Crippen molar-refractivity contribution in [1.29, 1.82) is 0 Å². The largest absolute Gasteiger partial charge is 0.368 e. The normalized spacial score (nSPS) is 20.2. The summed E-state index contributed by atoms with van der Waals surface area (Å²) in [5.41, 5.74) is 4.55. The van der Waals surface area contributed by atoms with Gasteiger partial charge in [-0.2, -0.15) is 4.98 Å². The molecule has 132 valence electrons. The Kier molecular flexibility index (Phi) is 5.01. The van der Waals surface area contributed by atoms with Crippen LogP contribution in [-0.4, -0.2) is 34.2 Å². The van der Waals surface area contributed by atoms with Crippen molar-refractivity contribution in [3.8, 4) is 0 Å². The predicted octanol–water partition coefficient (Wildman–Crippen LogP) is 1.37. The first kappa shape index (κ1) is 16.7. The van der Waals surface area contributed by atoms with Crippen molar-refractivity contribution >= 4 is 11.9 Å². The van der Waals surface area contributed by atoms with Crippen molar-refractivity contribution in [2.24, 2.45) is 5.73 Å². The van der Waals surface area contributed by atoms with Crippen LogP contribution < -0.4 is 16.4 Å². The Morgan fingerprint density at radius 3 is 2.58 bits per heavy atom. The molecule has 8 nitrogen and oxygen atoms in total. The zero-order valence-electron chi connectivity index (χ0n) is 13.8. The van der Waals surface area contributed by atoms with Crippen LogP contribution in [0.5, 0.6) is 0 Å². The summed E-state index contributed by atoms with van der Waals surface area (Å²) in [6.07, 6.45) is 8.14. The van der Waals surface area contributed by atoms with Gasteiger partial charge in [-0.25, -0.2) is 4.79 Å². The third-order valence-corrected chi connectivity index (χ3v) is 5.10. The Labute approximate surface area is 140 Å². The fourth-order valence-electron chi connectivity index (χ4n) is 3.67. The molecule has 0 aromatic carbocycles. The summed E-state index contributed by atoms with van der Waals surface area (Å²) in [4.78, 5) is 28.1. The molecular formula is C16H25N5O3. The molecular weight excluding hydrogens is 310 g/mol. The second kappa shape index (κ2) is 7.19. The number of hydrogen-bond donors (Lipinski definition) is 3. The van der Waals surface area contributed by atoms with E-state index in [2.05, 4.69) is 20.8 Å². The van der Waals surface area contributed by atoms with E-state index >= 15 is 0 Å². The molecule has 8 heteroatoms. The predicted molar refractivity (Wildman–Crippen MR) is 86.1 cm³/mol. The summed E-state index contributed by atoms with van der Waals surface area (Å²) in [6.45, 7) is 0.379. The van der Waals surface area contributed by atoms with E-state index in [1.807, 2.05) is 0 Å². The lowest BCUT2D eigenvalue weighted by atomic mass is 9.97. The summed E-state index contributed by atoms with van der Waals surface area (Å²) in [5.74, 6) is 1.24. The molecule has 0 bridgehead atoms. The van der Waals surface area contributed by atoms with Gasteiger partial charge in [-0.15, -0.1) is 0 Å². The highest BCUT2D eigenvalue weighted by Crippen LogP contribution is 2.33. The van der Waals surface area contributed by atoms with Gasteiger partial charge in [-0.1, -0.05) is 30.8 Å². The average Bonchev–Trinajstić information content (AvgIpc) is 3.29. The van der Waals surface area contributed by atoms with Gasteiger partial charge >= 0.3 is 6.03 Å². The number of hydrogen-bond acceptors (Lipinski definition) is 5. The van der Waals surface area contributed by atoms with E-state index in [1.165, 1.54) is 12.8 Å². The van der Waals surface area contributed by atoms with Crippen molar-refractivity contribution < 1.29 is 14.1 Å². The Morgan fingerprint density at radius 1 is 1.21 bits per heavy atom. The number of urea groups is 1. The number of primary amides is 1. The van der Waals surface area contributed by atoms with E-state index in [-0.39, 0.29) is 6.03 Å². The molecule has 1 aromatic rings. The van der Waals surface area contributed by atoms with Gasteiger partial charge in [0, 0.05) is 18.9 Å². The lowest BCUT2D eigenvalue weighted by molar-refractivity contribution is -0.123. The Hall–Kier alpha value is -2.12. The third kappa shape index (κ3) is 3.68. The number of amides is 3. The molecule has 1 heterocycles. The highest BCUT2D eigenvalue weighted by atomic mass is 16.5. The summed E-state index contributed by atoms with van der Waals surface area (Å²) >= 11 is 0. The maximum Gasteiger partial charge on any atom is 0.315 e. The first-order valence-corrected chi connectivity index (χ1v) is 8.77. The number of nitrogens with zero attached hydrogens (tertiary/aromatic N) is 2. The molecule has 3 amide bonds. The molecule has 3 rings (SSSR count). The summed E-state index contributed by atoms with van der Waals surface area (Å²) in [7, 11) is 0. The van der Waals surface area contributed by atoms with Crippen molar-refractivity contribution in [2.75, 3.05) is 6.54 Å². The van der Waals surface area contributed by atoms with Crippen LogP contribution in [0.25, 0.3) is 0 Å². The Morgan fingerprint density at radius 2 is 1.92 bits per heavy atom. The Balaban J connectivity index is 1.44. The fourth-order valence-corrected chi connectivity index (χ4v) is 3.67. The van der Waals surface area contributed by atoms with Gasteiger partial charge in [0.25, 0.3) is 0 Å². The lowest BCUT2D eigenvalue weighted by Gasteiger charge is -2.26. The van der Waals surface area contributed by atoms with E-state index in [0.717, 1.165) is 25.7 Å². The van der Waals surface area contributed by atoms with E-state index in [9.17, 15) is 9.59 Å².